The second kappa shape index (κ2) is 8.53. The molecule has 0 atom stereocenters. The van der Waals surface area contributed by atoms with Gasteiger partial charge in [0.1, 0.15) is 11.4 Å². The van der Waals surface area contributed by atoms with Crippen LogP contribution in [0.4, 0.5) is 11.4 Å². The molecular weight excluding hydrogens is 412 g/mol. The number of carbonyl (C=O) groups excluding carboxylic acids is 2. The third kappa shape index (κ3) is 4.39. The highest BCUT2D eigenvalue weighted by Gasteiger charge is 2.16. The summed E-state index contributed by atoms with van der Waals surface area (Å²) < 4.78 is 1.31. The van der Waals surface area contributed by atoms with Crippen molar-refractivity contribution in [3.63, 3.8) is 0 Å². The molecule has 0 bridgehead atoms. The van der Waals surface area contributed by atoms with Gasteiger partial charge in [-0.25, -0.2) is 4.98 Å². The largest absolute Gasteiger partial charge is 0.326 e. The van der Waals surface area contributed by atoms with Gasteiger partial charge in [0, 0.05) is 23.2 Å². The molecule has 0 fully saturated rings. The smallest absolute Gasteiger partial charge is 0.262 e. The third-order valence-electron chi connectivity index (χ3n) is 4.73. The van der Waals surface area contributed by atoms with Gasteiger partial charge in [-0.15, -0.1) is 11.3 Å². The lowest BCUT2D eigenvalue weighted by molar-refractivity contribution is -0.117. The fourth-order valence-electron chi connectivity index (χ4n) is 3.37. The summed E-state index contributed by atoms with van der Waals surface area (Å²) in [6.07, 6.45) is 1.41. The minimum atomic E-state index is -0.362. The molecule has 0 unspecified atom stereocenters. The minimum absolute atomic E-state index is 0.165. The zero-order valence-electron chi connectivity index (χ0n) is 17.0. The van der Waals surface area contributed by atoms with E-state index in [-0.39, 0.29) is 23.9 Å². The first kappa shape index (κ1) is 20.5. The number of rotatable bonds is 5. The predicted octanol–water partition coefficient (Wildman–Crippen LogP) is 4.03. The highest BCUT2D eigenvalue weighted by Crippen LogP contribution is 2.35. The van der Waals surface area contributed by atoms with E-state index in [1.807, 2.05) is 37.3 Å². The van der Waals surface area contributed by atoms with Crippen molar-refractivity contribution >= 4 is 44.7 Å². The number of thiophene rings is 1. The highest BCUT2D eigenvalue weighted by molar-refractivity contribution is 7.22. The number of carbonyl (C=O) groups is 2. The molecule has 0 spiro atoms. The van der Waals surface area contributed by atoms with Crippen molar-refractivity contribution in [2.75, 3.05) is 10.6 Å². The van der Waals surface area contributed by atoms with Crippen LogP contribution in [0.2, 0.25) is 0 Å². The zero-order valence-corrected chi connectivity index (χ0v) is 17.8. The van der Waals surface area contributed by atoms with E-state index in [1.165, 1.54) is 29.2 Å². The van der Waals surface area contributed by atoms with Crippen LogP contribution >= 0.6 is 11.3 Å². The van der Waals surface area contributed by atoms with Gasteiger partial charge in [-0.2, -0.15) is 0 Å². The zero-order chi connectivity index (χ0) is 22.0. The normalized spacial score (nSPS) is 10.8. The number of fused-ring (bicyclic) bond motifs is 1. The van der Waals surface area contributed by atoms with Gasteiger partial charge in [-0.1, -0.05) is 36.4 Å². The summed E-state index contributed by atoms with van der Waals surface area (Å²) in [6, 6.07) is 16.7. The van der Waals surface area contributed by atoms with Gasteiger partial charge in [-0.3, -0.25) is 19.0 Å². The van der Waals surface area contributed by atoms with Gasteiger partial charge in [0.15, 0.2) is 0 Å². The topological polar surface area (TPSA) is 93.1 Å². The summed E-state index contributed by atoms with van der Waals surface area (Å²) in [7, 11) is 0. The Labute approximate surface area is 182 Å². The van der Waals surface area contributed by atoms with Crippen LogP contribution in [0.3, 0.4) is 0 Å². The second-order valence-corrected chi connectivity index (χ2v) is 8.09. The number of benzene rings is 2. The van der Waals surface area contributed by atoms with Gasteiger partial charge < -0.3 is 10.6 Å². The molecule has 8 heteroatoms. The van der Waals surface area contributed by atoms with E-state index in [4.69, 9.17) is 0 Å². The number of hydrogen-bond acceptors (Lipinski definition) is 5. The van der Waals surface area contributed by atoms with E-state index in [9.17, 15) is 14.4 Å². The van der Waals surface area contributed by atoms with Crippen molar-refractivity contribution in [2.45, 2.75) is 20.4 Å². The van der Waals surface area contributed by atoms with Crippen molar-refractivity contribution in [3.05, 3.63) is 76.8 Å². The van der Waals surface area contributed by atoms with E-state index in [1.54, 1.807) is 24.3 Å². The molecule has 2 N–H and O–H groups in total. The van der Waals surface area contributed by atoms with Crippen molar-refractivity contribution < 1.29 is 9.59 Å². The number of nitrogens with zero attached hydrogens (tertiary/aromatic N) is 2. The number of aryl methyl sites for hydroxylation is 1. The third-order valence-corrected chi connectivity index (χ3v) is 5.98. The van der Waals surface area contributed by atoms with Crippen molar-refractivity contribution in [1.29, 1.82) is 0 Å². The Kier molecular flexibility index (Phi) is 5.64. The van der Waals surface area contributed by atoms with Gasteiger partial charge in [0.05, 0.1) is 11.7 Å². The van der Waals surface area contributed by atoms with Gasteiger partial charge in [0.25, 0.3) is 5.56 Å². The molecule has 2 heterocycles. The Bertz CT molecular complexity index is 1340. The molecule has 0 aliphatic rings. The second-order valence-electron chi connectivity index (χ2n) is 7.09. The van der Waals surface area contributed by atoms with E-state index >= 15 is 0 Å². The number of nitrogens with one attached hydrogen (secondary N) is 2. The number of amides is 2. The van der Waals surface area contributed by atoms with Crippen molar-refractivity contribution in [3.8, 4) is 10.4 Å². The van der Waals surface area contributed by atoms with Crippen LogP contribution < -0.4 is 16.2 Å². The first-order valence-electron chi connectivity index (χ1n) is 9.64. The lowest BCUT2D eigenvalue weighted by Gasteiger charge is -2.09. The van der Waals surface area contributed by atoms with Crippen LogP contribution in [0.5, 0.6) is 0 Å². The average molecular weight is 433 g/mol. The van der Waals surface area contributed by atoms with E-state index in [0.717, 1.165) is 16.0 Å². The summed E-state index contributed by atoms with van der Waals surface area (Å²) in [5.41, 5.74) is 2.75. The fourth-order valence-corrected chi connectivity index (χ4v) is 4.51. The SMILES string of the molecule is CC(=O)Nc1cccc(NC(=O)Cn2cnc3sc(-c4ccccc4)c(C)c3c2=O)c1. The van der Waals surface area contributed by atoms with E-state index in [2.05, 4.69) is 15.6 Å². The van der Waals surface area contributed by atoms with Crippen LogP contribution in [-0.4, -0.2) is 21.4 Å². The van der Waals surface area contributed by atoms with Crippen LogP contribution in [0.1, 0.15) is 12.5 Å². The molecular formula is C23H20N4O3S. The number of aromatic nitrogens is 2. The van der Waals surface area contributed by atoms with Gasteiger partial charge in [0.2, 0.25) is 11.8 Å². The van der Waals surface area contributed by atoms with E-state index in [0.29, 0.717) is 21.6 Å². The Morgan fingerprint density at radius 1 is 1.03 bits per heavy atom. The molecule has 0 radical (unpaired) electrons. The Balaban J connectivity index is 1.58. The first-order valence-corrected chi connectivity index (χ1v) is 10.5. The van der Waals surface area contributed by atoms with Crippen LogP contribution in [0.25, 0.3) is 20.7 Å². The Morgan fingerprint density at radius 3 is 2.45 bits per heavy atom. The van der Waals surface area contributed by atoms with Crippen molar-refractivity contribution in [1.82, 2.24) is 9.55 Å². The van der Waals surface area contributed by atoms with E-state index < -0.39 is 0 Å². The molecule has 7 nitrogen and oxygen atoms in total. The van der Waals surface area contributed by atoms with Gasteiger partial charge >= 0.3 is 0 Å². The maximum absolute atomic E-state index is 13.1. The molecule has 0 aliphatic heterocycles. The number of hydrogen-bond donors (Lipinski definition) is 2. The molecule has 0 saturated heterocycles. The summed E-state index contributed by atoms with van der Waals surface area (Å²) in [6.45, 7) is 3.15. The van der Waals surface area contributed by atoms with Crippen LogP contribution in [0.15, 0.2) is 65.7 Å². The molecule has 4 rings (SSSR count). The Morgan fingerprint density at radius 2 is 1.74 bits per heavy atom. The monoisotopic (exact) mass is 432 g/mol. The molecule has 2 amide bonds. The van der Waals surface area contributed by atoms with Crippen LogP contribution in [-0.2, 0) is 16.1 Å². The minimum Gasteiger partial charge on any atom is -0.326 e. The quantitative estimate of drug-likeness (QED) is 0.498. The molecule has 2 aromatic heterocycles. The summed E-state index contributed by atoms with van der Waals surface area (Å²) in [5, 5.41) is 5.95. The predicted molar refractivity (Wildman–Crippen MR) is 123 cm³/mol. The maximum atomic E-state index is 13.1. The Hall–Kier alpha value is -3.78. The summed E-state index contributed by atoms with van der Waals surface area (Å²) in [5.74, 6) is -0.560. The average Bonchev–Trinajstić information content (AvgIpc) is 3.07. The van der Waals surface area contributed by atoms with Crippen molar-refractivity contribution in [2.24, 2.45) is 0 Å². The summed E-state index contributed by atoms with van der Waals surface area (Å²) in [4.78, 5) is 42.9. The molecule has 31 heavy (non-hydrogen) atoms. The molecule has 0 saturated carbocycles. The lowest BCUT2D eigenvalue weighted by atomic mass is 10.1. The van der Waals surface area contributed by atoms with Gasteiger partial charge in [-0.05, 0) is 36.2 Å². The maximum Gasteiger partial charge on any atom is 0.262 e. The molecule has 156 valence electrons. The molecule has 2 aromatic carbocycles. The molecule has 0 aliphatic carbocycles. The summed E-state index contributed by atoms with van der Waals surface area (Å²) >= 11 is 1.47. The highest BCUT2D eigenvalue weighted by atomic mass is 32.1. The first-order chi connectivity index (χ1) is 14.9. The lowest BCUT2D eigenvalue weighted by Crippen LogP contribution is -2.27. The van der Waals surface area contributed by atoms with Crippen LogP contribution in [0, 0.1) is 6.92 Å². The number of anilines is 2. The standard InChI is InChI=1S/C23H20N4O3S/c1-14-20-22(31-21(14)16-7-4-3-5-8-16)24-13-27(23(20)30)12-19(29)26-18-10-6-9-17(11-18)25-15(2)28/h3-11,13H,12H2,1-2H3,(H,25,28)(H,26,29). The molecule has 4 aromatic rings. The fraction of sp³-hybridized carbons (Fsp3) is 0.130.